The van der Waals surface area contributed by atoms with Crippen LogP contribution in [0, 0.1) is 11.9 Å². The Bertz CT molecular complexity index is 911. The SMILES string of the molecule is CC(COc1cccc2cc(C=O)n(CC3CC3)c12)n1cnc(F)c1. The van der Waals surface area contributed by atoms with Crippen LogP contribution in [0.3, 0.4) is 0 Å². The van der Waals surface area contributed by atoms with E-state index < -0.39 is 5.95 Å². The summed E-state index contributed by atoms with van der Waals surface area (Å²) < 4.78 is 22.9. The molecular weight excluding hydrogens is 321 g/mol. The number of ether oxygens (including phenoxy) is 1. The van der Waals surface area contributed by atoms with Gasteiger partial charge in [-0.05, 0) is 37.8 Å². The number of fused-ring (bicyclic) bond motifs is 1. The molecule has 4 rings (SSSR count). The van der Waals surface area contributed by atoms with E-state index in [0.717, 1.165) is 29.5 Å². The molecule has 1 saturated carbocycles. The molecule has 2 aromatic heterocycles. The van der Waals surface area contributed by atoms with Gasteiger partial charge in [-0.2, -0.15) is 4.39 Å². The molecular formula is C19H20FN3O2. The lowest BCUT2D eigenvalue weighted by molar-refractivity contribution is 0.111. The topological polar surface area (TPSA) is 49.0 Å². The summed E-state index contributed by atoms with van der Waals surface area (Å²) in [5.41, 5.74) is 1.64. The van der Waals surface area contributed by atoms with Crippen molar-refractivity contribution in [2.75, 3.05) is 6.61 Å². The monoisotopic (exact) mass is 341 g/mol. The normalized spacial score (nSPS) is 15.4. The van der Waals surface area contributed by atoms with E-state index in [1.807, 2.05) is 31.2 Å². The molecule has 6 heteroatoms. The highest BCUT2D eigenvalue weighted by molar-refractivity contribution is 5.92. The fourth-order valence-corrected chi connectivity index (χ4v) is 3.13. The first-order valence-corrected chi connectivity index (χ1v) is 8.55. The molecule has 0 bridgehead atoms. The van der Waals surface area contributed by atoms with Crippen molar-refractivity contribution in [1.82, 2.24) is 14.1 Å². The van der Waals surface area contributed by atoms with Crippen molar-refractivity contribution in [2.45, 2.75) is 32.4 Å². The summed E-state index contributed by atoms with van der Waals surface area (Å²) >= 11 is 0. The van der Waals surface area contributed by atoms with E-state index in [-0.39, 0.29) is 6.04 Å². The number of hydrogen-bond acceptors (Lipinski definition) is 3. The number of para-hydroxylation sites is 1. The van der Waals surface area contributed by atoms with Crippen LogP contribution in [0.5, 0.6) is 5.75 Å². The van der Waals surface area contributed by atoms with E-state index in [9.17, 15) is 9.18 Å². The molecule has 3 aromatic rings. The fourth-order valence-electron chi connectivity index (χ4n) is 3.13. The van der Waals surface area contributed by atoms with E-state index in [0.29, 0.717) is 18.2 Å². The first kappa shape index (κ1) is 15.9. The number of hydrogen-bond donors (Lipinski definition) is 0. The van der Waals surface area contributed by atoms with Crippen LogP contribution in [-0.2, 0) is 6.54 Å². The highest BCUT2D eigenvalue weighted by Crippen LogP contribution is 2.35. The van der Waals surface area contributed by atoms with Gasteiger partial charge in [0, 0.05) is 11.9 Å². The lowest BCUT2D eigenvalue weighted by atomic mass is 10.2. The van der Waals surface area contributed by atoms with Gasteiger partial charge in [-0.3, -0.25) is 4.79 Å². The summed E-state index contributed by atoms with van der Waals surface area (Å²) in [6.45, 7) is 3.18. The first-order chi connectivity index (χ1) is 12.2. The zero-order chi connectivity index (χ0) is 17.4. The van der Waals surface area contributed by atoms with Gasteiger partial charge in [-0.1, -0.05) is 12.1 Å². The van der Waals surface area contributed by atoms with Crippen molar-refractivity contribution in [3.05, 3.63) is 48.4 Å². The molecule has 1 fully saturated rings. The van der Waals surface area contributed by atoms with Crippen LogP contribution in [0.2, 0.25) is 0 Å². The lowest BCUT2D eigenvalue weighted by Gasteiger charge is -2.16. The number of nitrogens with zero attached hydrogens (tertiary/aromatic N) is 3. The number of aldehydes is 1. The van der Waals surface area contributed by atoms with Gasteiger partial charge in [0.25, 0.3) is 0 Å². The van der Waals surface area contributed by atoms with Gasteiger partial charge in [0.05, 0.1) is 29.8 Å². The third-order valence-corrected chi connectivity index (χ3v) is 4.73. The number of aromatic nitrogens is 3. The zero-order valence-electron chi connectivity index (χ0n) is 14.1. The molecule has 1 aliphatic carbocycles. The predicted octanol–water partition coefficient (Wildman–Crippen LogP) is 3.84. The van der Waals surface area contributed by atoms with Crippen molar-refractivity contribution >= 4 is 17.2 Å². The van der Waals surface area contributed by atoms with Gasteiger partial charge < -0.3 is 13.9 Å². The molecule has 1 aliphatic rings. The molecule has 2 heterocycles. The summed E-state index contributed by atoms with van der Waals surface area (Å²) in [6.07, 6.45) is 6.15. The Morgan fingerprint density at radius 1 is 1.44 bits per heavy atom. The number of imidazole rings is 1. The quantitative estimate of drug-likeness (QED) is 0.614. The molecule has 25 heavy (non-hydrogen) atoms. The highest BCUT2D eigenvalue weighted by Gasteiger charge is 2.24. The molecule has 130 valence electrons. The second-order valence-electron chi connectivity index (χ2n) is 6.74. The van der Waals surface area contributed by atoms with Gasteiger partial charge in [0.15, 0.2) is 6.29 Å². The second kappa shape index (κ2) is 6.35. The molecule has 1 unspecified atom stereocenters. The standard InChI is InChI=1S/C19H20FN3O2/c1-13(22-9-18(20)21-12-22)11-25-17-4-2-3-15-7-16(10-24)23(19(15)17)8-14-5-6-14/h2-4,7,9-10,12-14H,5-6,8,11H2,1H3. The molecule has 0 amide bonds. The average Bonchev–Trinajstić information content (AvgIpc) is 3.21. The van der Waals surface area contributed by atoms with Crippen molar-refractivity contribution in [1.29, 1.82) is 0 Å². The third kappa shape index (κ3) is 3.16. The summed E-state index contributed by atoms with van der Waals surface area (Å²) in [6, 6.07) is 7.70. The van der Waals surface area contributed by atoms with E-state index >= 15 is 0 Å². The van der Waals surface area contributed by atoms with Crippen molar-refractivity contribution in [3.8, 4) is 5.75 Å². The number of carbonyl (C=O) groups is 1. The van der Waals surface area contributed by atoms with E-state index in [1.54, 1.807) is 4.57 Å². The van der Waals surface area contributed by atoms with Crippen LogP contribution in [-0.4, -0.2) is 27.0 Å². The molecule has 0 aliphatic heterocycles. The van der Waals surface area contributed by atoms with Crippen LogP contribution < -0.4 is 4.74 Å². The van der Waals surface area contributed by atoms with Gasteiger partial charge in [-0.25, -0.2) is 4.98 Å². The van der Waals surface area contributed by atoms with Crippen molar-refractivity contribution in [3.63, 3.8) is 0 Å². The van der Waals surface area contributed by atoms with Crippen molar-refractivity contribution in [2.24, 2.45) is 5.92 Å². The minimum Gasteiger partial charge on any atom is -0.489 e. The lowest BCUT2D eigenvalue weighted by Crippen LogP contribution is -2.13. The van der Waals surface area contributed by atoms with Crippen LogP contribution in [0.25, 0.3) is 10.9 Å². The minimum absolute atomic E-state index is 0.0513. The average molecular weight is 341 g/mol. The predicted molar refractivity (Wildman–Crippen MR) is 92.4 cm³/mol. The van der Waals surface area contributed by atoms with E-state index in [2.05, 4.69) is 9.55 Å². The second-order valence-corrected chi connectivity index (χ2v) is 6.74. The Hall–Kier alpha value is -2.63. The van der Waals surface area contributed by atoms with Crippen LogP contribution >= 0.6 is 0 Å². The van der Waals surface area contributed by atoms with Gasteiger partial charge in [0.2, 0.25) is 5.95 Å². The Balaban J connectivity index is 1.62. The summed E-state index contributed by atoms with van der Waals surface area (Å²) in [4.78, 5) is 15.1. The molecule has 0 N–H and O–H groups in total. The maximum Gasteiger partial charge on any atom is 0.230 e. The number of halogens is 1. The van der Waals surface area contributed by atoms with Crippen LogP contribution in [0.15, 0.2) is 36.8 Å². The molecule has 0 radical (unpaired) electrons. The molecule has 5 nitrogen and oxygen atoms in total. The molecule has 1 aromatic carbocycles. The summed E-state index contributed by atoms with van der Waals surface area (Å²) in [5.74, 6) is 0.900. The smallest absolute Gasteiger partial charge is 0.230 e. The maximum absolute atomic E-state index is 13.1. The Labute approximate surface area is 145 Å². The van der Waals surface area contributed by atoms with Gasteiger partial charge >= 0.3 is 0 Å². The number of rotatable bonds is 7. The third-order valence-electron chi connectivity index (χ3n) is 4.73. The Morgan fingerprint density at radius 2 is 2.28 bits per heavy atom. The molecule has 0 spiro atoms. The first-order valence-electron chi connectivity index (χ1n) is 8.55. The van der Waals surface area contributed by atoms with Crippen LogP contribution in [0.1, 0.15) is 36.3 Å². The van der Waals surface area contributed by atoms with Crippen LogP contribution in [0.4, 0.5) is 4.39 Å². The Kier molecular flexibility index (Phi) is 4.03. The highest BCUT2D eigenvalue weighted by atomic mass is 19.1. The molecule has 0 saturated heterocycles. The van der Waals surface area contributed by atoms with Gasteiger partial charge in [-0.15, -0.1) is 0 Å². The zero-order valence-corrected chi connectivity index (χ0v) is 14.1. The maximum atomic E-state index is 13.1. The fraction of sp³-hybridized carbons (Fsp3) is 0.368. The summed E-state index contributed by atoms with van der Waals surface area (Å²) in [7, 11) is 0. The number of benzene rings is 1. The van der Waals surface area contributed by atoms with E-state index in [4.69, 9.17) is 4.74 Å². The van der Waals surface area contributed by atoms with Gasteiger partial charge in [0.1, 0.15) is 12.4 Å². The number of carbonyl (C=O) groups excluding carboxylic acids is 1. The van der Waals surface area contributed by atoms with Crippen molar-refractivity contribution < 1.29 is 13.9 Å². The minimum atomic E-state index is -0.497. The van der Waals surface area contributed by atoms with E-state index in [1.165, 1.54) is 25.4 Å². The Morgan fingerprint density at radius 3 is 2.96 bits per heavy atom. The molecule has 1 atom stereocenters. The largest absolute Gasteiger partial charge is 0.489 e. The summed E-state index contributed by atoms with van der Waals surface area (Å²) in [5, 5.41) is 1.00.